The van der Waals surface area contributed by atoms with E-state index in [4.69, 9.17) is 0 Å². The van der Waals surface area contributed by atoms with E-state index in [1.165, 1.54) is 32.1 Å². The maximum absolute atomic E-state index is 13.5. The van der Waals surface area contributed by atoms with Gasteiger partial charge in [0.1, 0.15) is 5.82 Å². The number of hydrogen-bond acceptors (Lipinski definition) is 4. The Labute approximate surface area is 167 Å². The van der Waals surface area contributed by atoms with E-state index in [1.807, 2.05) is 13.0 Å². The van der Waals surface area contributed by atoms with Crippen LogP contribution in [-0.2, 0) is 4.79 Å². The van der Waals surface area contributed by atoms with Crippen LogP contribution in [0.25, 0.3) is 0 Å². The molecule has 1 saturated carbocycles. The molecule has 6 heteroatoms. The molecule has 152 valence electrons. The summed E-state index contributed by atoms with van der Waals surface area (Å²) in [6.45, 7) is 5.00. The molecule has 0 unspecified atom stereocenters. The van der Waals surface area contributed by atoms with Crippen molar-refractivity contribution in [1.29, 1.82) is 0 Å². The van der Waals surface area contributed by atoms with Gasteiger partial charge in [-0.15, -0.1) is 0 Å². The lowest BCUT2D eigenvalue weighted by atomic mass is 9.77. The number of nitrogens with zero attached hydrogens (tertiary/aromatic N) is 3. The highest BCUT2D eigenvalue weighted by Gasteiger charge is 2.49. The summed E-state index contributed by atoms with van der Waals surface area (Å²) in [5, 5.41) is 2.84. The Morgan fingerprint density at radius 3 is 2.82 bits per heavy atom. The zero-order valence-electron chi connectivity index (χ0n) is 17.0. The molecule has 1 aliphatic carbocycles. The predicted octanol–water partition coefficient (Wildman–Crippen LogP) is 2.98. The average molecular weight is 385 g/mol. The fourth-order valence-electron chi connectivity index (χ4n) is 5.28. The number of carbonyl (C=O) groups excluding carboxylic acids is 2. The van der Waals surface area contributed by atoms with Gasteiger partial charge in [0, 0.05) is 44.0 Å². The molecule has 1 spiro atoms. The smallest absolute Gasteiger partial charge is 0.251 e. The fourth-order valence-corrected chi connectivity index (χ4v) is 5.28. The molecule has 0 aromatic carbocycles. The highest BCUT2D eigenvalue weighted by atomic mass is 16.2. The second kappa shape index (κ2) is 8.10. The SMILES string of the molecule is CCNC(=O)c1ccnc(N2CC[C@]3(CCCN(C4CCCCC4)C3=O)C2)c1. The first-order valence-electron chi connectivity index (χ1n) is 10.9. The molecule has 1 N–H and O–H groups in total. The van der Waals surface area contributed by atoms with E-state index in [1.54, 1.807) is 12.3 Å². The zero-order chi connectivity index (χ0) is 19.6. The van der Waals surface area contributed by atoms with Crippen LogP contribution in [0.2, 0.25) is 0 Å². The second-order valence-electron chi connectivity index (χ2n) is 8.61. The van der Waals surface area contributed by atoms with Gasteiger partial charge in [-0.05, 0) is 51.2 Å². The fraction of sp³-hybridized carbons (Fsp3) is 0.682. The Kier molecular flexibility index (Phi) is 5.56. The van der Waals surface area contributed by atoms with E-state index in [0.717, 1.165) is 44.7 Å². The normalized spacial score (nSPS) is 26.1. The lowest BCUT2D eigenvalue weighted by molar-refractivity contribution is -0.148. The largest absolute Gasteiger partial charge is 0.355 e. The highest BCUT2D eigenvalue weighted by Crippen LogP contribution is 2.43. The summed E-state index contributed by atoms with van der Waals surface area (Å²) in [6.07, 6.45) is 10.8. The van der Waals surface area contributed by atoms with E-state index >= 15 is 0 Å². The van der Waals surface area contributed by atoms with Crippen LogP contribution in [0.4, 0.5) is 5.82 Å². The molecule has 3 heterocycles. The minimum Gasteiger partial charge on any atom is -0.355 e. The Balaban J connectivity index is 1.49. The van der Waals surface area contributed by atoms with Crippen LogP contribution in [0.5, 0.6) is 0 Å². The zero-order valence-corrected chi connectivity index (χ0v) is 17.0. The number of carbonyl (C=O) groups is 2. The molecular weight excluding hydrogens is 352 g/mol. The van der Waals surface area contributed by atoms with Crippen LogP contribution in [0.1, 0.15) is 68.6 Å². The number of pyridine rings is 1. The number of likely N-dealkylation sites (tertiary alicyclic amines) is 1. The van der Waals surface area contributed by atoms with Gasteiger partial charge in [0.05, 0.1) is 5.41 Å². The van der Waals surface area contributed by atoms with Gasteiger partial charge in [-0.2, -0.15) is 0 Å². The first kappa shape index (κ1) is 19.2. The van der Waals surface area contributed by atoms with Crippen LogP contribution >= 0.6 is 0 Å². The van der Waals surface area contributed by atoms with E-state index < -0.39 is 0 Å². The maximum Gasteiger partial charge on any atom is 0.251 e. The topological polar surface area (TPSA) is 65.5 Å². The van der Waals surface area contributed by atoms with Crippen molar-refractivity contribution < 1.29 is 9.59 Å². The lowest BCUT2D eigenvalue weighted by Crippen LogP contribution is -2.54. The molecule has 1 atom stereocenters. The second-order valence-corrected chi connectivity index (χ2v) is 8.61. The molecule has 6 nitrogen and oxygen atoms in total. The number of amides is 2. The third-order valence-electron chi connectivity index (χ3n) is 6.81. The van der Waals surface area contributed by atoms with E-state index in [-0.39, 0.29) is 11.3 Å². The quantitative estimate of drug-likeness (QED) is 0.867. The summed E-state index contributed by atoms with van der Waals surface area (Å²) in [5.41, 5.74) is 0.366. The van der Waals surface area contributed by atoms with Gasteiger partial charge in [-0.1, -0.05) is 19.3 Å². The molecular formula is C22H32N4O2. The molecule has 1 aromatic rings. The molecule has 3 fully saturated rings. The Morgan fingerprint density at radius 2 is 2.04 bits per heavy atom. The summed E-state index contributed by atoms with van der Waals surface area (Å²) < 4.78 is 0. The number of piperidine rings is 1. The minimum absolute atomic E-state index is 0.0720. The average Bonchev–Trinajstić information content (AvgIpc) is 3.16. The number of rotatable bonds is 4. The van der Waals surface area contributed by atoms with Crippen molar-refractivity contribution >= 4 is 17.6 Å². The third-order valence-corrected chi connectivity index (χ3v) is 6.81. The minimum atomic E-state index is -0.265. The van der Waals surface area contributed by atoms with E-state index in [0.29, 0.717) is 24.1 Å². The van der Waals surface area contributed by atoms with Crippen molar-refractivity contribution in [2.24, 2.45) is 5.41 Å². The summed E-state index contributed by atoms with van der Waals surface area (Å²) in [7, 11) is 0. The van der Waals surface area contributed by atoms with Crippen molar-refractivity contribution in [2.45, 2.75) is 64.3 Å². The highest BCUT2D eigenvalue weighted by molar-refractivity contribution is 5.94. The number of hydrogen-bond donors (Lipinski definition) is 1. The summed E-state index contributed by atoms with van der Waals surface area (Å²) in [6, 6.07) is 4.05. The lowest BCUT2D eigenvalue weighted by Gasteiger charge is -2.44. The van der Waals surface area contributed by atoms with E-state index in [9.17, 15) is 9.59 Å². The summed E-state index contributed by atoms with van der Waals surface area (Å²) in [4.78, 5) is 34.6. The first-order valence-corrected chi connectivity index (χ1v) is 10.9. The van der Waals surface area contributed by atoms with Crippen LogP contribution < -0.4 is 10.2 Å². The van der Waals surface area contributed by atoms with Crippen molar-refractivity contribution in [3.63, 3.8) is 0 Å². The van der Waals surface area contributed by atoms with Crippen molar-refractivity contribution in [2.75, 3.05) is 31.1 Å². The standard InChI is InChI=1S/C22H32N4O2/c1-2-23-20(27)17-9-12-24-19(15-17)25-14-11-22(16-25)10-6-13-26(21(22)28)18-7-4-3-5-8-18/h9,12,15,18H,2-8,10-11,13-14,16H2,1H3,(H,23,27)/t22-/m1/s1. The van der Waals surface area contributed by atoms with Crippen LogP contribution in [-0.4, -0.2) is 53.9 Å². The predicted molar refractivity (Wildman–Crippen MR) is 109 cm³/mol. The van der Waals surface area contributed by atoms with Crippen LogP contribution in [0, 0.1) is 5.41 Å². The number of anilines is 1. The van der Waals surface area contributed by atoms with Crippen LogP contribution in [0.15, 0.2) is 18.3 Å². The van der Waals surface area contributed by atoms with Crippen molar-refractivity contribution in [3.8, 4) is 0 Å². The monoisotopic (exact) mass is 384 g/mol. The molecule has 4 rings (SSSR count). The van der Waals surface area contributed by atoms with Crippen molar-refractivity contribution in [1.82, 2.24) is 15.2 Å². The first-order chi connectivity index (χ1) is 13.6. The molecule has 3 aliphatic rings. The molecule has 2 amide bonds. The molecule has 28 heavy (non-hydrogen) atoms. The van der Waals surface area contributed by atoms with Crippen LogP contribution in [0.3, 0.4) is 0 Å². The number of nitrogens with one attached hydrogen (secondary N) is 1. The van der Waals surface area contributed by atoms with Gasteiger partial charge in [-0.3, -0.25) is 9.59 Å². The van der Waals surface area contributed by atoms with Gasteiger partial charge >= 0.3 is 0 Å². The van der Waals surface area contributed by atoms with Gasteiger partial charge in [0.15, 0.2) is 0 Å². The Morgan fingerprint density at radius 1 is 1.21 bits per heavy atom. The molecule has 0 radical (unpaired) electrons. The molecule has 1 aromatic heterocycles. The summed E-state index contributed by atoms with van der Waals surface area (Å²) >= 11 is 0. The molecule has 0 bridgehead atoms. The van der Waals surface area contributed by atoms with Gasteiger partial charge in [0.2, 0.25) is 5.91 Å². The Bertz CT molecular complexity index is 731. The summed E-state index contributed by atoms with van der Waals surface area (Å²) in [5.74, 6) is 1.11. The van der Waals surface area contributed by atoms with Gasteiger partial charge in [0.25, 0.3) is 5.91 Å². The molecule has 2 saturated heterocycles. The Hall–Kier alpha value is -2.11. The maximum atomic E-state index is 13.5. The third kappa shape index (κ3) is 3.61. The van der Waals surface area contributed by atoms with Gasteiger partial charge in [-0.25, -0.2) is 4.98 Å². The molecule has 2 aliphatic heterocycles. The van der Waals surface area contributed by atoms with Gasteiger partial charge < -0.3 is 15.1 Å². The number of aromatic nitrogens is 1. The van der Waals surface area contributed by atoms with E-state index in [2.05, 4.69) is 20.1 Å². The van der Waals surface area contributed by atoms with Crippen molar-refractivity contribution in [3.05, 3.63) is 23.9 Å².